The lowest BCUT2D eigenvalue weighted by atomic mass is 10.1. The van der Waals surface area contributed by atoms with Crippen LogP contribution in [0.5, 0.6) is 0 Å². The molecule has 0 aliphatic carbocycles. The molecule has 0 N–H and O–H groups in total. The molecule has 0 radical (unpaired) electrons. The highest BCUT2D eigenvalue weighted by atomic mass is 79.9. The fourth-order valence-corrected chi connectivity index (χ4v) is 1.69. The van der Waals surface area contributed by atoms with Crippen LogP contribution >= 0.6 is 15.9 Å². The molecule has 0 saturated carbocycles. The van der Waals surface area contributed by atoms with Crippen molar-refractivity contribution in [3.8, 4) is 0 Å². The normalized spacial score (nSPS) is 12.1. The molecule has 1 rings (SSSR count). The third-order valence-corrected chi connectivity index (χ3v) is 2.79. The number of rotatable bonds is 7. The van der Waals surface area contributed by atoms with Crippen LogP contribution in [0, 0.1) is 0 Å². The summed E-state index contributed by atoms with van der Waals surface area (Å²) in [5.41, 5.74) is 1.19. The summed E-state index contributed by atoms with van der Waals surface area (Å²) < 4.78 is 6.87. The molecule has 16 heavy (non-hydrogen) atoms. The van der Waals surface area contributed by atoms with E-state index in [1.54, 1.807) is 0 Å². The molecule has 86 valence electrons. The third kappa shape index (κ3) is 4.33. The molecule has 1 atom stereocenters. The SMILES string of the molecule is C=CCCOC(CC=C)c1ccc(Br)cc1. The summed E-state index contributed by atoms with van der Waals surface area (Å²) in [5, 5.41) is 0. The van der Waals surface area contributed by atoms with Gasteiger partial charge in [0, 0.05) is 4.47 Å². The Morgan fingerprint density at radius 3 is 2.44 bits per heavy atom. The van der Waals surface area contributed by atoms with Crippen LogP contribution in [0.25, 0.3) is 0 Å². The van der Waals surface area contributed by atoms with Crippen molar-refractivity contribution in [3.05, 3.63) is 59.6 Å². The molecule has 2 heteroatoms. The molecule has 0 aliphatic rings. The molecule has 1 unspecified atom stereocenters. The molecular formula is C14H17BrO. The summed E-state index contributed by atoms with van der Waals surface area (Å²) in [4.78, 5) is 0. The quantitative estimate of drug-likeness (QED) is 0.521. The van der Waals surface area contributed by atoms with Gasteiger partial charge < -0.3 is 4.74 Å². The maximum Gasteiger partial charge on any atom is 0.0859 e. The maximum atomic E-state index is 5.79. The van der Waals surface area contributed by atoms with Gasteiger partial charge in [0.25, 0.3) is 0 Å². The van der Waals surface area contributed by atoms with Crippen molar-refractivity contribution in [1.82, 2.24) is 0 Å². The predicted octanol–water partition coefficient (Wildman–Crippen LogP) is 4.66. The van der Waals surface area contributed by atoms with Crippen molar-refractivity contribution in [3.63, 3.8) is 0 Å². The monoisotopic (exact) mass is 280 g/mol. The fourth-order valence-electron chi connectivity index (χ4n) is 1.42. The van der Waals surface area contributed by atoms with Crippen molar-refractivity contribution in [2.24, 2.45) is 0 Å². The minimum absolute atomic E-state index is 0.102. The van der Waals surface area contributed by atoms with Gasteiger partial charge in [0.1, 0.15) is 0 Å². The van der Waals surface area contributed by atoms with E-state index in [1.807, 2.05) is 24.3 Å². The topological polar surface area (TPSA) is 9.23 Å². The van der Waals surface area contributed by atoms with E-state index in [9.17, 15) is 0 Å². The Labute approximate surface area is 106 Å². The van der Waals surface area contributed by atoms with Crippen molar-refractivity contribution in [2.75, 3.05) is 6.61 Å². The Morgan fingerprint density at radius 1 is 1.19 bits per heavy atom. The van der Waals surface area contributed by atoms with Crippen molar-refractivity contribution < 1.29 is 4.74 Å². The minimum Gasteiger partial charge on any atom is -0.373 e. The lowest BCUT2D eigenvalue weighted by molar-refractivity contribution is 0.0581. The van der Waals surface area contributed by atoms with E-state index >= 15 is 0 Å². The van der Waals surface area contributed by atoms with Crippen LogP contribution in [-0.4, -0.2) is 6.61 Å². The van der Waals surface area contributed by atoms with Crippen molar-refractivity contribution >= 4 is 15.9 Å². The minimum atomic E-state index is 0.102. The summed E-state index contributed by atoms with van der Waals surface area (Å²) in [5.74, 6) is 0. The standard InChI is InChI=1S/C14H17BrO/c1-3-5-11-16-14(6-4-2)12-7-9-13(15)10-8-12/h3-4,7-10,14H,1-2,5-6,11H2. The first-order valence-corrected chi connectivity index (χ1v) is 6.16. The Hall–Kier alpha value is -0.860. The first-order chi connectivity index (χ1) is 7.77. The molecule has 0 amide bonds. The third-order valence-electron chi connectivity index (χ3n) is 2.26. The van der Waals surface area contributed by atoms with E-state index < -0.39 is 0 Å². The average molecular weight is 281 g/mol. The number of hydrogen-bond acceptors (Lipinski definition) is 1. The van der Waals surface area contributed by atoms with Gasteiger partial charge in [-0.15, -0.1) is 13.2 Å². The first-order valence-electron chi connectivity index (χ1n) is 5.36. The van der Waals surface area contributed by atoms with E-state index in [2.05, 4.69) is 41.2 Å². The van der Waals surface area contributed by atoms with Crippen LogP contribution in [0.3, 0.4) is 0 Å². The molecule has 0 heterocycles. The Bertz CT molecular complexity index is 329. The van der Waals surface area contributed by atoms with Gasteiger partial charge in [-0.1, -0.05) is 40.2 Å². The predicted molar refractivity (Wildman–Crippen MR) is 72.5 cm³/mol. The fraction of sp³-hybridized carbons (Fsp3) is 0.286. The zero-order valence-electron chi connectivity index (χ0n) is 9.36. The Kier molecular flexibility index (Phi) is 6.12. The molecule has 1 nitrogen and oxygen atoms in total. The summed E-state index contributed by atoms with van der Waals surface area (Å²) >= 11 is 3.42. The zero-order chi connectivity index (χ0) is 11.8. The van der Waals surface area contributed by atoms with E-state index in [0.717, 1.165) is 17.3 Å². The molecule has 1 aromatic rings. The summed E-state index contributed by atoms with van der Waals surface area (Å²) in [6.45, 7) is 8.15. The van der Waals surface area contributed by atoms with E-state index in [-0.39, 0.29) is 6.10 Å². The molecule has 1 aromatic carbocycles. The van der Waals surface area contributed by atoms with Gasteiger partial charge in [-0.2, -0.15) is 0 Å². The number of hydrogen-bond donors (Lipinski definition) is 0. The lowest BCUT2D eigenvalue weighted by Crippen LogP contribution is -2.04. The van der Waals surface area contributed by atoms with Crippen molar-refractivity contribution in [2.45, 2.75) is 18.9 Å². The zero-order valence-corrected chi connectivity index (χ0v) is 10.9. The lowest BCUT2D eigenvalue weighted by Gasteiger charge is -2.16. The molecule has 0 spiro atoms. The van der Waals surface area contributed by atoms with Crippen LogP contribution in [0.1, 0.15) is 24.5 Å². The summed E-state index contributed by atoms with van der Waals surface area (Å²) in [6.07, 6.45) is 5.57. The van der Waals surface area contributed by atoms with Crippen LogP contribution in [-0.2, 0) is 4.74 Å². The molecule has 0 aromatic heterocycles. The second-order valence-corrected chi connectivity index (χ2v) is 4.43. The molecule has 0 bridgehead atoms. The van der Waals surface area contributed by atoms with Crippen LogP contribution in [0.15, 0.2) is 54.0 Å². The van der Waals surface area contributed by atoms with Gasteiger partial charge in [0.2, 0.25) is 0 Å². The average Bonchev–Trinajstić information content (AvgIpc) is 2.29. The number of benzene rings is 1. The maximum absolute atomic E-state index is 5.79. The Morgan fingerprint density at radius 2 is 1.88 bits per heavy atom. The van der Waals surface area contributed by atoms with Gasteiger partial charge in [-0.3, -0.25) is 0 Å². The molecular weight excluding hydrogens is 264 g/mol. The highest BCUT2D eigenvalue weighted by Gasteiger charge is 2.09. The molecule has 0 saturated heterocycles. The van der Waals surface area contributed by atoms with Gasteiger partial charge in [0.05, 0.1) is 12.7 Å². The van der Waals surface area contributed by atoms with E-state index in [4.69, 9.17) is 4.74 Å². The van der Waals surface area contributed by atoms with Crippen LogP contribution in [0.4, 0.5) is 0 Å². The van der Waals surface area contributed by atoms with Gasteiger partial charge in [-0.25, -0.2) is 0 Å². The van der Waals surface area contributed by atoms with E-state index in [0.29, 0.717) is 6.61 Å². The van der Waals surface area contributed by atoms with Crippen molar-refractivity contribution in [1.29, 1.82) is 0 Å². The van der Waals surface area contributed by atoms with Gasteiger partial charge in [0.15, 0.2) is 0 Å². The highest BCUT2D eigenvalue weighted by molar-refractivity contribution is 9.10. The second-order valence-electron chi connectivity index (χ2n) is 3.51. The molecule has 0 aliphatic heterocycles. The van der Waals surface area contributed by atoms with E-state index in [1.165, 1.54) is 5.56 Å². The van der Waals surface area contributed by atoms with Crippen LogP contribution in [0.2, 0.25) is 0 Å². The smallest absolute Gasteiger partial charge is 0.0859 e. The number of halogens is 1. The largest absolute Gasteiger partial charge is 0.373 e. The summed E-state index contributed by atoms with van der Waals surface area (Å²) in [7, 11) is 0. The van der Waals surface area contributed by atoms with Gasteiger partial charge in [-0.05, 0) is 30.5 Å². The highest BCUT2D eigenvalue weighted by Crippen LogP contribution is 2.23. The Balaban J connectivity index is 2.64. The number of ether oxygens (including phenoxy) is 1. The summed E-state index contributed by atoms with van der Waals surface area (Å²) in [6, 6.07) is 8.21. The first kappa shape index (κ1) is 13.2. The molecule has 0 fully saturated rings. The van der Waals surface area contributed by atoms with Gasteiger partial charge >= 0.3 is 0 Å². The second kappa shape index (κ2) is 7.42. The van der Waals surface area contributed by atoms with Crippen LogP contribution < -0.4 is 0 Å².